The molecular formula is C15H23ClN2. The Hall–Kier alpha value is -0.990. The second kappa shape index (κ2) is 9.01. The molecule has 1 aromatic heterocycles. The fourth-order valence-electron chi connectivity index (χ4n) is 2.08. The Labute approximate surface area is 115 Å². The highest BCUT2D eigenvalue weighted by Gasteiger charge is 1.95. The number of aromatic nitrogens is 1. The Balaban J connectivity index is 0.000000174. The van der Waals surface area contributed by atoms with Gasteiger partial charge in [0, 0.05) is 22.1 Å². The normalized spacial score (nSPS) is 14.2. The predicted molar refractivity (Wildman–Crippen MR) is 81.1 cm³/mol. The summed E-state index contributed by atoms with van der Waals surface area (Å²) in [7, 11) is 1.50. The van der Waals surface area contributed by atoms with Gasteiger partial charge < -0.3 is 10.7 Å². The maximum atomic E-state index is 5.76. The van der Waals surface area contributed by atoms with Gasteiger partial charge in [-0.1, -0.05) is 50.1 Å². The summed E-state index contributed by atoms with van der Waals surface area (Å²) in [5, 5.41) is 1.94. The lowest BCUT2D eigenvalue weighted by molar-refractivity contribution is 0.504. The first-order chi connectivity index (χ1) is 8.86. The number of rotatable bonds is 0. The smallest absolute Gasteiger partial charge is 0.0454 e. The highest BCUT2D eigenvalue weighted by molar-refractivity contribution is 6.31. The van der Waals surface area contributed by atoms with Gasteiger partial charge in [-0.15, -0.1) is 0 Å². The lowest BCUT2D eigenvalue weighted by Crippen LogP contribution is -1.85. The van der Waals surface area contributed by atoms with Crippen LogP contribution in [-0.2, 0) is 0 Å². The number of hydrogen-bond acceptors (Lipinski definition) is 1. The van der Waals surface area contributed by atoms with Crippen molar-refractivity contribution < 1.29 is 0 Å². The van der Waals surface area contributed by atoms with Gasteiger partial charge in [0.2, 0.25) is 0 Å². The number of nitrogens with one attached hydrogen (secondary N) is 1. The van der Waals surface area contributed by atoms with Crippen molar-refractivity contribution in [1.82, 2.24) is 4.98 Å². The number of fused-ring (bicyclic) bond motifs is 1. The molecule has 0 saturated heterocycles. The molecule has 2 nitrogen and oxygen atoms in total. The number of benzene rings is 1. The number of hydrogen-bond donors (Lipinski definition) is 2. The molecule has 0 spiro atoms. The van der Waals surface area contributed by atoms with E-state index in [9.17, 15) is 0 Å². The van der Waals surface area contributed by atoms with Crippen molar-refractivity contribution in [3.8, 4) is 0 Å². The zero-order chi connectivity index (χ0) is 13.2. The van der Waals surface area contributed by atoms with Crippen LogP contribution in [0.25, 0.3) is 10.9 Å². The summed E-state index contributed by atoms with van der Waals surface area (Å²) in [5.74, 6) is 0. The average Bonchev–Trinajstić information content (AvgIpc) is 2.91. The van der Waals surface area contributed by atoms with E-state index in [0.29, 0.717) is 0 Å². The van der Waals surface area contributed by atoms with E-state index in [1.165, 1.54) is 45.6 Å². The van der Waals surface area contributed by atoms with Crippen LogP contribution in [0.1, 0.15) is 38.5 Å². The predicted octanol–water partition coefficient (Wildman–Crippen LogP) is 4.74. The van der Waals surface area contributed by atoms with Crippen molar-refractivity contribution in [2.45, 2.75) is 38.5 Å². The van der Waals surface area contributed by atoms with E-state index < -0.39 is 0 Å². The van der Waals surface area contributed by atoms with Crippen LogP contribution in [-0.4, -0.2) is 12.0 Å². The number of nitrogens with two attached hydrogens (primary N) is 1. The highest BCUT2D eigenvalue weighted by atomic mass is 35.5. The summed E-state index contributed by atoms with van der Waals surface area (Å²) in [4.78, 5) is 3.09. The zero-order valence-electron chi connectivity index (χ0n) is 11.1. The molecule has 0 amide bonds. The molecule has 100 valence electrons. The monoisotopic (exact) mass is 266 g/mol. The second-order valence-corrected chi connectivity index (χ2v) is 4.77. The Morgan fingerprint density at radius 3 is 2.06 bits per heavy atom. The molecule has 3 heteroatoms. The van der Waals surface area contributed by atoms with E-state index in [-0.39, 0.29) is 0 Å². The lowest BCUT2D eigenvalue weighted by Gasteiger charge is -2.05. The summed E-state index contributed by atoms with van der Waals surface area (Å²) in [6.07, 6.45) is 10.9. The summed E-state index contributed by atoms with van der Waals surface area (Å²) >= 11 is 5.76. The zero-order valence-corrected chi connectivity index (χ0v) is 11.8. The topological polar surface area (TPSA) is 41.8 Å². The number of aromatic amines is 1. The molecule has 3 N–H and O–H groups in total. The van der Waals surface area contributed by atoms with Crippen LogP contribution in [0, 0.1) is 0 Å². The molecule has 1 aliphatic carbocycles. The maximum absolute atomic E-state index is 5.76. The SMILES string of the molecule is C1CCCCC1.CN.Clc1ccc2[nH]ccc2c1. The van der Waals surface area contributed by atoms with Crippen molar-refractivity contribution in [3.63, 3.8) is 0 Å². The van der Waals surface area contributed by atoms with Gasteiger partial charge in [0.1, 0.15) is 0 Å². The van der Waals surface area contributed by atoms with Gasteiger partial charge in [0.25, 0.3) is 0 Å². The Morgan fingerprint density at radius 1 is 0.944 bits per heavy atom. The summed E-state index contributed by atoms with van der Waals surface area (Å²) in [6.45, 7) is 0. The van der Waals surface area contributed by atoms with E-state index >= 15 is 0 Å². The van der Waals surface area contributed by atoms with E-state index in [2.05, 4.69) is 10.7 Å². The first-order valence-electron chi connectivity index (χ1n) is 6.67. The van der Waals surface area contributed by atoms with Gasteiger partial charge in [-0.05, 0) is 31.3 Å². The van der Waals surface area contributed by atoms with Crippen LogP contribution in [0.15, 0.2) is 30.5 Å². The van der Waals surface area contributed by atoms with E-state index in [1.807, 2.05) is 30.5 Å². The van der Waals surface area contributed by atoms with Crippen LogP contribution < -0.4 is 5.73 Å². The fraction of sp³-hybridized carbons (Fsp3) is 0.467. The third-order valence-electron chi connectivity index (χ3n) is 3.02. The minimum absolute atomic E-state index is 0.784. The van der Waals surface area contributed by atoms with Gasteiger partial charge >= 0.3 is 0 Å². The van der Waals surface area contributed by atoms with Crippen molar-refractivity contribution in [1.29, 1.82) is 0 Å². The maximum Gasteiger partial charge on any atom is 0.0454 e. The molecule has 0 bridgehead atoms. The quantitative estimate of drug-likeness (QED) is 0.711. The third-order valence-corrected chi connectivity index (χ3v) is 3.25. The molecular weight excluding hydrogens is 244 g/mol. The molecule has 1 aromatic carbocycles. The van der Waals surface area contributed by atoms with Gasteiger partial charge in [-0.3, -0.25) is 0 Å². The minimum Gasteiger partial charge on any atom is -0.361 e. The Bertz CT molecular complexity index is 421. The first kappa shape index (κ1) is 15.1. The molecule has 2 aromatic rings. The van der Waals surface area contributed by atoms with Crippen LogP contribution in [0.4, 0.5) is 0 Å². The van der Waals surface area contributed by atoms with Crippen molar-refractivity contribution in [3.05, 3.63) is 35.5 Å². The Kier molecular flexibility index (Phi) is 7.54. The number of halogens is 1. The molecule has 0 aliphatic heterocycles. The molecule has 3 rings (SSSR count). The lowest BCUT2D eigenvalue weighted by atomic mass is 10.0. The summed E-state index contributed by atoms with van der Waals surface area (Å²) < 4.78 is 0. The average molecular weight is 267 g/mol. The minimum atomic E-state index is 0.784. The highest BCUT2D eigenvalue weighted by Crippen LogP contribution is 2.17. The molecule has 1 saturated carbocycles. The van der Waals surface area contributed by atoms with E-state index in [1.54, 1.807) is 0 Å². The van der Waals surface area contributed by atoms with Gasteiger partial charge in [0.05, 0.1) is 0 Å². The van der Waals surface area contributed by atoms with Crippen LogP contribution >= 0.6 is 11.6 Å². The van der Waals surface area contributed by atoms with Gasteiger partial charge in [-0.25, -0.2) is 0 Å². The molecule has 0 unspecified atom stereocenters. The standard InChI is InChI=1S/C8H6ClN.C6H12.CH5N/c9-7-1-2-8-6(5-7)3-4-10-8;1-2-4-6-5-3-1;1-2/h1-5,10H;1-6H2;2H2,1H3. The van der Waals surface area contributed by atoms with Crippen molar-refractivity contribution >= 4 is 22.5 Å². The van der Waals surface area contributed by atoms with Crippen LogP contribution in [0.3, 0.4) is 0 Å². The summed E-state index contributed by atoms with van der Waals surface area (Å²) in [5.41, 5.74) is 5.63. The van der Waals surface area contributed by atoms with Crippen LogP contribution in [0.5, 0.6) is 0 Å². The number of H-pyrrole nitrogens is 1. The molecule has 18 heavy (non-hydrogen) atoms. The Morgan fingerprint density at radius 2 is 1.50 bits per heavy atom. The van der Waals surface area contributed by atoms with E-state index in [0.717, 1.165) is 15.9 Å². The molecule has 1 aliphatic rings. The molecule has 1 heterocycles. The second-order valence-electron chi connectivity index (χ2n) is 4.33. The van der Waals surface area contributed by atoms with Crippen molar-refractivity contribution in [2.75, 3.05) is 7.05 Å². The van der Waals surface area contributed by atoms with Crippen molar-refractivity contribution in [2.24, 2.45) is 5.73 Å². The van der Waals surface area contributed by atoms with Gasteiger partial charge in [-0.2, -0.15) is 0 Å². The first-order valence-corrected chi connectivity index (χ1v) is 7.04. The molecule has 1 fully saturated rings. The molecule has 0 atom stereocenters. The summed E-state index contributed by atoms with van der Waals surface area (Å²) in [6, 6.07) is 7.78. The van der Waals surface area contributed by atoms with Gasteiger partial charge in [0.15, 0.2) is 0 Å². The van der Waals surface area contributed by atoms with E-state index in [4.69, 9.17) is 11.6 Å². The van der Waals surface area contributed by atoms with Crippen LogP contribution in [0.2, 0.25) is 5.02 Å². The third kappa shape index (κ3) is 5.11. The largest absolute Gasteiger partial charge is 0.361 e. The molecule has 0 radical (unpaired) electrons. The fourth-order valence-corrected chi connectivity index (χ4v) is 2.27.